The Morgan fingerprint density at radius 2 is 1.73 bits per heavy atom. The Balaban J connectivity index is 1.70. The fourth-order valence-corrected chi connectivity index (χ4v) is 2.41. The van der Waals surface area contributed by atoms with E-state index in [4.69, 9.17) is 10.00 Å². The maximum Gasteiger partial charge on any atom is 0.285 e. The molecule has 0 bridgehead atoms. The van der Waals surface area contributed by atoms with Gasteiger partial charge in [0.15, 0.2) is 6.61 Å². The number of nitriles is 1. The molecule has 26 heavy (non-hydrogen) atoms. The molecule has 1 aromatic heterocycles. The van der Waals surface area contributed by atoms with Crippen molar-refractivity contribution in [3.05, 3.63) is 95.6 Å². The third kappa shape index (κ3) is 4.68. The van der Waals surface area contributed by atoms with Gasteiger partial charge < -0.3 is 9.30 Å². The summed E-state index contributed by atoms with van der Waals surface area (Å²) in [5.74, 6) is 0.153. The van der Waals surface area contributed by atoms with Crippen molar-refractivity contribution in [1.82, 2.24) is 4.57 Å². The van der Waals surface area contributed by atoms with Gasteiger partial charge in [0, 0.05) is 12.7 Å². The fourth-order valence-electron chi connectivity index (χ4n) is 2.41. The van der Waals surface area contributed by atoms with Gasteiger partial charge in [-0.1, -0.05) is 36.4 Å². The third-order valence-electron chi connectivity index (χ3n) is 3.70. The van der Waals surface area contributed by atoms with E-state index >= 15 is 0 Å². The fraction of sp³-hybridized carbons (Fsp3) is 0.0952. The Hall–Kier alpha value is -3.65. The molecule has 0 radical (unpaired) electrons. The van der Waals surface area contributed by atoms with Crippen LogP contribution in [-0.2, 0) is 11.3 Å². The largest absolute Gasteiger partial charge is 0.484 e. The summed E-state index contributed by atoms with van der Waals surface area (Å²) in [4.78, 5) is 16.3. The Kier molecular flexibility index (Phi) is 5.58. The van der Waals surface area contributed by atoms with Gasteiger partial charge in [-0.05, 0) is 42.0 Å². The van der Waals surface area contributed by atoms with Gasteiger partial charge in [-0.15, -0.1) is 0 Å². The second-order valence-electron chi connectivity index (χ2n) is 5.60. The molecule has 0 fully saturated rings. The van der Waals surface area contributed by atoms with Crippen molar-refractivity contribution >= 4 is 5.91 Å². The topological polar surface area (TPSA) is 67.4 Å². The highest BCUT2D eigenvalue weighted by atomic mass is 16.5. The first-order valence-corrected chi connectivity index (χ1v) is 8.14. The van der Waals surface area contributed by atoms with E-state index in [1.165, 1.54) is 0 Å². The molecule has 1 amide bonds. The molecule has 128 valence electrons. The van der Waals surface area contributed by atoms with Gasteiger partial charge in [0.25, 0.3) is 5.91 Å². The van der Waals surface area contributed by atoms with Crippen LogP contribution in [0.25, 0.3) is 0 Å². The van der Waals surface area contributed by atoms with E-state index in [9.17, 15) is 4.79 Å². The Bertz CT molecular complexity index is 984. The van der Waals surface area contributed by atoms with E-state index in [0.29, 0.717) is 23.3 Å². The average Bonchev–Trinajstić information content (AvgIpc) is 2.69. The molecule has 3 rings (SSSR count). The molecule has 0 aliphatic heterocycles. The second-order valence-corrected chi connectivity index (χ2v) is 5.60. The van der Waals surface area contributed by atoms with E-state index in [1.54, 1.807) is 30.3 Å². The average molecular weight is 343 g/mol. The smallest absolute Gasteiger partial charge is 0.285 e. The van der Waals surface area contributed by atoms with Gasteiger partial charge in [-0.25, -0.2) is 0 Å². The van der Waals surface area contributed by atoms with Crippen LogP contribution in [0.5, 0.6) is 5.75 Å². The molecule has 5 nitrogen and oxygen atoms in total. The summed E-state index contributed by atoms with van der Waals surface area (Å²) in [5, 5.41) is 8.78. The van der Waals surface area contributed by atoms with Gasteiger partial charge >= 0.3 is 0 Å². The van der Waals surface area contributed by atoms with Crippen molar-refractivity contribution < 1.29 is 9.53 Å². The molecule has 0 aliphatic carbocycles. The summed E-state index contributed by atoms with van der Waals surface area (Å²) in [7, 11) is 0. The number of pyridine rings is 1. The SMILES string of the molecule is N#Cc1ccc(OCC(=O)N=c2ccccn2Cc2ccccc2)cc1. The number of aromatic nitrogens is 1. The lowest BCUT2D eigenvalue weighted by atomic mass is 10.2. The van der Waals surface area contributed by atoms with Crippen LogP contribution in [0.2, 0.25) is 0 Å². The van der Waals surface area contributed by atoms with Gasteiger partial charge in [0.05, 0.1) is 11.6 Å². The summed E-state index contributed by atoms with van der Waals surface area (Å²) >= 11 is 0. The van der Waals surface area contributed by atoms with Crippen LogP contribution in [0.1, 0.15) is 11.1 Å². The number of rotatable bonds is 5. The maximum atomic E-state index is 12.2. The molecule has 1 heterocycles. The van der Waals surface area contributed by atoms with E-state index < -0.39 is 0 Å². The summed E-state index contributed by atoms with van der Waals surface area (Å²) in [6.45, 7) is 0.469. The van der Waals surface area contributed by atoms with Crippen LogP contribution in [0.15, 0.2) is 84.0 Å². The lowest BCUT2D eigenvalue weighted by Gasteiger charge is -2.07. The molecule has 0 unspecified atom stereocenters. The van der Waals surface area contributed by atoms with Gasteiger partial charge in [-0.2, -0.15) is 10.3 Å². The number of carbonyl (C=O) groups excluding carboxylic acids is 1. The Morgan fingerprint density at radius 1 is 1.00 bits per heavy atom. The van der Waals surface area contributed by atoms with Crippen molar-refractivity contribution in [2.75, 3.05) is 6.61 Å². The van der Waals surface area contributed by atoms with Crippen LogP contribution in [0.3, 0.4) is 0 Å². The molecule has 0 spiro atoms. The van der Waals surface area contributed by atoms with E-state index in [-0.39, 0.29) is 12.5 Å². The standard InChI is InChI=1S/C21H17N3O2/c22-14-17-9-11-19(12-10-17)26-16-21(25)23-20-8-4-5-13-24(20)15-18-6-2-1-3-7-18/h1-13H,15-16H2. The summed E-state index contributed by atoms with van der Waals surface area (Å²) in [6.07, 6.45) is 1.89. The molecular formula is C21H17N3O2. The minimum atomic E-state index is -0.373. The summed E-state index contributed by atoms with van der Waals surface area (Å²) in [6, 6.07) is 24.1. The molecule has 0 N–H and O–H groups in total. The molecule has 0 saturated carbocycles. The predicted molar refractivity (Wildman–Crippen MR) is 97.2 cm³/mol. The van der Waals surface area contributed by atoms with Crippen molar-refractivity contribution in [1.29, 1.82) is 5.26 Å². The summed E-state index contributed by atoms with van der Waals surface area (Å²) < 4.78 is 7.35. The monoisotopic (exact) mass is 343 g/mol. The number of hydrogen-bond donors (Lipinski definition) is 0. The van der Waals surface area contributed by atoms with E-state index in [1.807, 2.05) is 59.3 Å². The molecule has 3 aromatic rings. The van der Waals surface area contributed by atoms with Crippen molar-refractivity contribution in [3.63, 3.8) is 0 Å². The second kappa shape index (κ2) is 8.45. The number of carbonyl (C=O) groups is 1. The third-order valence-corrected chi connectivity index (χ3v) is 3.70. The predicted octanol–water partition coefficient (Wildman–Crippen LogP) is 2.91. The van der Waals surface area contributed by atoms with Gasteiger partial charge in [-0.3, -0.25) is 4.79 Å². The summed E-state index contributed by atoms with van der Waals surface area (Å²) in [5.41, 5.74) is 2.24. The highest BCUT2D eigenvalue weighted by molar-refractivity contribution is 5.78. The number of ether oxygens (including phenoxy) is 1. The maximum absolute atomic E-state index is 12.2. The number of amides is 1. The minimum Gasteiger partial charge on any atom is -0.484 e. The minimum absolute atomic E-state index is 0.161. The quantitative estimate of drug-likeness (QED) is 0.715. The first-order valence-electron chi connectivity index (χ1n) is 8.14. The molecule has 0 saturated heterocycles. The van der Waals surface area contributed by atoms with Crippen LogP contribution < -0.4 is 10.2 Å². The zero-order valence-electron chi connectivity index (χ0n) is 14.1. The lowest BCUT2D eigenvalue weighted by molar-refractivity contribution is -0.120. The van der Waals surface area contributed by atoms with Crippen molar-refractivity contribution in [2.45, 2.75) is 6.54 Å². The van der Waals surface area contributed by atoms with E-state index in [0.717, 1.165) is 5.56 Å². The zero-order chi connectivity index (χ0) is 18.2. The number of nitrogens with zero attached hydrogens (tertiary/aromatic N) is 3. The Labute approximate surface area is 151 Å². The first kappa shape index (κ1) is 17.2. The normalized spacial score (nSPS) is 11.0. The van der Waals surface area contributed by atoms with Gasteiger partial charge in [0.2, 0.25) is 0 Å². The van der Waals surface area contributed by atoms with Crippen LogP contribution in [-0.4, -0.2) is 17.1 Å². The van der Waals surface area contributed by atoms with Crippen molar-refractivity contribution in [3.8, 4) is 11.8 Å². The highest BCUT2D eigenvalue weighted by Gasteiger charge is 2.03. The van der Waals surface area contributed by atoms with Gasteiger partial charge in [0.1, 0.15) is 11.2 Å². The zero-order valence-corrected chi connectivity index (χ0v) is 14.1. The lowest BCUT2D eigenvalue weighted by Crippen LogP contribution is -2.23. The highest BCUT2D eigenvalue weighted by Crippen LogP contribution is 2.11. The molecule has 5 heteroatoms. The van der Waals surface area contributed by atoms with Crippen LogP contribution in [0.4, 0.5) is 0 Å². The van der Waals surface area contributed by atoms with Crippen molar-refractivity contribution in [2.24, 2.45) is 4.99 Å². The first-order chi connectivity index (χ1) is 12.7. The molecule has 0 aliphatic rings. The molecule has 2 aromatic carbocycles. The van der Waals surface area contributed by atoms with E-state index in [2.05, 4.69) is 4.99 Å². The molecule has 0 atom stereocenters. The molecular weight excluding hydrogens is 326 g/mol. The number of benzene rings is 2. The van der Waals surface area contributed by atoms with Crippen LogP contribution >= 0.6 is 0 Å². The Morgan fingerprint density at radius 3 is 2.46 bits per heavy atom. The number of hydrogen-bond acceptors (Lipinski definition) is 3. The van der Waals surface area contributed by atoms with Crippen LogP contribution in [0, 0.1) is 11.3 Å².